The highest BCUT2D eigenvalue weighted by Crippen LogP contribution is 2.37. The molecule has 5 heteroatoms. The maximum Gasteiger partial charge on any atom is 0.242 e. The summed E-state index contributed by atoms with van der Waals surface area (Å²) in [6, 6.07) is 5.66. The summed E-state index contributed by atoms with van der Waals surface area (Å²) in [6.07, 6.45) is 0.895. The van der Waals surface area contributed by atoms with Crippen LogP contribution in [0.4, 0.5) is 4.39 Å². The third kappa shape index (κ3) is 2.99. The van der Waals surface area contributed by atoms with E-state index in [0.717, 1.165) is 12.0 Å². The van der Waals surface area contributed by atoms with Crippen molar-refractivity contribution in [1.82, 2.24) is 4.90 Å². The lowest BCUT2D eigenvalue weighted by Gasteiger charge is -2.29. The lowest BCUT2D eigenvalue weighted by Crippen LogP contribution is -2.46. The molecule has 0 saturated carbocycles. The lowest BCUT2D eigenvalue weighted by atomic mass is 9.95. The van der Waals surface area contributed by atoms with Gasteiger partial charge in [-0.05, 0) is 30.0 Å². The number of carbonyl (C=O) groups excluding carboxylic acids is 1. The fraction of sp³-hybridized carbons (Fsp3) is 0.533. The first-order valence-electron chi connectivity index (χ1n) is 6.85. The zero-order valence-electron chi connectivity index (χ0n) is 11.9. The standard InChI is InChI=1S/C15H21FN2O2/c1-10-6-7-18(15(19)13(17)9-20-2)14(10)11-4-3-5-12(16)8-11/h3-5,8,10,13-14H,6-7,9,17H2,1-2H3. The number of likely N-dealkylation sites (tertiary alicyclic amines) is 1. The van der Waals surface area contributed by atoms with Crippen molar-refractivity contribution >= 4 is 5.91 Å². The van der Waals surface area contributed by atoms with Crippen molar-refractivity contribution in [2.75, 3.05) is 20.3 Å². The number of hydrogen-bond donors (Lipinski definition) is 1. The molecule has 1 aliphatic heterocycles. The Morgan fingerprint density at radius 2 is 2.35 bits per heavy atom. The van der Waals surface area contributed by atoms with Gasteiger partial charge in [0.05, 0.1) is 12.6 Å². The van der Waals surface area contributed by atoms with E-state index in [4.69, 9.17) is 10.5 Å². The number of benzene rings is 1. The van der Waals surface area contributed by atoms with Crippen LogP contribution >= 0.6 is 0 Å². The molecule has 0 aliphatic carbocycles. The van der Waals surface area contributed by atoms with Crippen molar-refractivity contribution in [1.29, 1.82) is 0 Å². The Hall–Kier alpha value is -1.46. The van der Waals surface area contributed by atoms with E-state index in [-0.39, 0.29) is 30.3 Å². The van der Waals surface area contributed by atoms with Crippen molar-refractivity contribution in [3.63, 3.8) is 0 Å². The molecule has 0 spiro atoms. The van der Waals surface area contributed by atoms with Crippen LogP contribution in [-0.2, 0) is 9.53 Å². The molecule has 4 nitrogen and oxygen atoms in total. The van der Waals surface area contributed by atoms with Gasteiger partial charge in [0.1, 0.15) is 11.9 Å². The van der Waals surface area contributed by atoms with Crippen LogP contribution in [-0.4, -0.2) is 37.1 Å². The molecule has 2 rings (SSSR count). The molecule has 1 aromatic carbocycles. The molecule has 0 radical (unpaired) electrons. The van der Waals surface area contributed by atoms with Crippen LogP contribution < -0.4 is 5.73 Å². The number of carbonyl (C=O) groups is 1. The van der Waals surface area contributed by atoms with Crippen LogP contribution in [0, 0.1) is 11.7 Å². The Labute approximate surface area is 118 Å². The molecule has 1 fully saturated rings. The number of ether oxygens (including phenoxy) is 1. The van der Waals surface area contributed by atoms with Crippen molar-refractivity contribution in [2.24, 2.45) is 11.7 Å². The minimum absolute atomic E-state index is 0.110. The number of hydrogen-bond acceptors (Lipinski definition) is 3. The van der Waals surface area contributed by atoms with E-state index in [0.29, 0.717) is 6.54 Å². The molecule has 2 N–H and O–H groups in total. The van der Waals surface area contributed by atoms with Crippen LogP contribution in [0.2, 0.25) is 0 Å². The summed E-state index contributed by atoms with van der Waals surface area (Å²) in [4.78, 5) is 14.1. The van der Waals surface area contributed by atoms with E-state index in [1.54, 1.807) is 11.0 Å². The van der Waals surface area contributed by atoms with E-state index in [1.165, 1.54) is 19.2 Å². The van der Waals surface area contributed by atoms with E-state index in [9.17, 15) is 9.18 Å². The van der Waals surface area contributed by atoms with Crippen molar-refractivity contribution in [2.45, 2.75) is 25.4 Å². The largest absolute Gasteiger partial charge is 0.383 e. The highest BCUT2D eigenvalue weighted by Gasteiger charge is 2.37. The van der Waals surface area contributed by atoms with Gasteiger partial charge in [-0.3, -0.25) is 4.79 Å². The van der Waals surface area contributed by atoms with Crippen molar-refractivity contribution < 1.29 is 13.9 Å². The first-order chi connectivity index (χ1) is 9.54. The van der Waals surface area contributed by atoms with Gasteiger partial charge in [0.2, 0.25) is 5.91 Å². The topological polar surface area (TPSA) is 55.6 Å². The maximum atomic E-state index is 13.4. The number of amides is 1. The Bertz CT molecular complexity index is 481. The second-order valence-corrected chi connectivity index (χ2v) is 5.36. The Kier molecular flexibility index (Phi) is 4.73. The highest BCUT2D eigenvalue weighted by molar-refractivity contribution is 5.82. The third-order valence-corrected chi connectivity index (χ3v) is 3.84. The predicted octanol–water partition coefficient (Wildman–Crippen LogP) is 1.71. The third-order valence-electron chi connectivity index (χ3n) is 3.84. The van der Waals surface area contributed by atoms with Gasteiger partial charge in [0.25, 0.3) is 0 Å². The molecular weight excluding hydrogens is 259 g/mol. The summed E-state index contributed by atoms with van der Waals surface area (Å²) in [5, 5.41) is 0. The van der Waals surface area contributed by atoms with Gasteiger partial charge in [-0.15, -0.1) is 0 Å². The summed E-state index contributed by atoms with van der Waals surface area (Å²) in [5.74, 6) is -0.129. The van der Waals surface area contributed by atoms with Crippen molar-refractivity contribution in [3.05, 3.63) is 35.6 Å². The van der Waals surface area contributed by atoms with E-state index < -0.39 is 6.04 Å². The average molecular weight is 280 g/mol. The second-order valence-electron chi connectivity index (χ2n) is 5.36. The fourth-order valence-electron chi connectivity index (χ4n) is 2.86. The van der Waals surface area contributed by atoms with E-state index >= 15 is 0 Å². The molecule has 110 valence electrons. The molecule has 3 atom stereocenters. The zero-order valence-corrected chi connectivity index (χ0v) is 11.9. The van der Waals surface area contributed by atoms with Crippen LogP contribution in [0.3, 0.4) is 0 Å². The van der Waals surface area contributed by atoms with Gasteiger partial charge in [0, 0.05) is 13.7 Å². The summed E-state index contributed by atoms with van der Waals surface area (Å²) in [5.41, 5.74) is 6.66. The minimum Gasteiger partial charge on any atom is -0.383 e. The fourth-order valence-corrected chi connectivity index (χ4v) is 2.86. The lowest BCUT2D eigenvalue weighted by molar-refractivity contribution is -0.135. The Morgan fingerprint density at radius 3 is 3.00 bits per heavy atom. The second kappa shape index (κ2) is 6.33. The number of methoxy groups -OCH3 is 1. The molecule has 0 aromatic heterocycles. The van der Waals surface area contributed by atoms with Gasteiger partial charge in [-0.25, -0.2) is 4.39 Å². The molecule has 1 heterocycles. The van der Waals surface area contributed by atoms with Crippen LogP contribution in [0.1, 0.15) is 24.9 Å². The highest BCUT2D eigenvalue weighted by atomic mass is 19.1. The number of halogens is 1. The van der Waals surface area contributed by atoms with Gasteiger partial charge in [-0.2, -0.15) is 0 Å². The minimum atomic E-state index is -0.665. The normalized spacial score (nSPS) is 23.9. The van der Waals surface area contributed by atoms with E-state index in [2.05, 4.69) is 6.92 Å². The summed E-state index contributed by atoms with van der Waals surface area (Å²) >= 11 is 0. The molecular formula is C15H21FN2O2. The quantitative estimate of drug-likeness (QED) is 0.913. The van der Waals surface area contributed by atoms with Crippen LogP contribution in [0.5, 0.6) is 0 Å². The maximum absolute atomic E-state index is 13.4. The Balaban J connectivity index is 2.22. The smallest absolute Gasteiger partial charge is 0.242 e. The SMILES string of the molecule is COCC(N)C(=O)N1CCC(C)C1c1cccc(F)c1. The van der Waals surface area contributed by atoms with Crippen molar-refractivity contribution in [3.8, 4) is 0 Å². The number of nitrogens with zero attached hydrogens (tertiary/aromatic N) is 1. The average Bonchev–Trinajstić information content (AvgIpc) is 2.80. The summed E-state index contributed by atoms with van der Waals surface area (Å²) < 4.78 is 18.3. The summed E-state index contributed by atoms with van der Waals surface area (Å²) in [7, 11) is 1.52. The molecule has 3 unspecified atom stereocenters. The summed E-state index contributed by atoms with van der Waals surface area (Å²) in [6.45, 7) is 2.92. The van der Waals surface area contributed by atoms with Gasteiger partial charge >= 0.3 is 0 Å². The Morgan fingerprint density at radius 1 is 1.60 bits per heavy atom. The zero-order chi connectivity index (χ0) is 14.7. The van der Waals surface area contributed by atoms with Crippen LogP contribution in [0.25, 0.3) is 0 Å². The van der Waals surface area contributed by atoms with Crippen LogP contribution in [0.15, 0.2) is 24.3 Å². The molecule has 1 amide bonds. The molecule has 1 aliphatic rings. The first kappa shape index (κ1) is 14.9. The van der Waals surface area contributed by atoms with Gasteiger partial charge in [-0.1, -0.05) is 19.1 Å². The van der Waals surface area contributed by atoms with Gasteiger partial charge in [0.15, 0.2) is 0 Å². The van der Waals surface area contributed by atoms with E-state index in [1.807, 2.05) is 6.07 Å². The molecule has 20 heavy (non-hydrogen) atoms. The predicted molar refractivity (Wildman–Crippen MR) is 74.5 cm³/mol. The molecule has 0 bridgehead atoms. The number of rotatable bonds is 4. The van der Waals surface area contributed by atoms with Gasteiger partial charge < -0.3 is 15.4 Å². The number of nitrogens with two attached hydrogens (primary N) is 1. The monoisotopic (exact) mass is 280 g/mol. The first-order valence-corrected chi connectivity index (χ1v) is 6.85. The molecule has 1 aromatic rings. The molecule has 1 saturated heterocycles.